The van der Waals surface area contributed by atoms with Crippen LogP contribution < -0.4 is 15.2 Å². The van der Waals surface area contributed by atoms with Crippen LogP contribution in [-0.4, -0.2) is 43.8 Å². The second kappa shape index (κ2) is 7.48. The van der Waals surface area contributed by atoms with Crippen LogP contribution in [0, 0.1) is 0 Å². The summed E-state index contributed by atoms with van der Waals surface area (Å²) < 4.78 is 10.4. The van der Waals surface area contributed by atoms with Crippen LogP contribution in [-0.2, 0) is 6.54 Å². The van der Waals surface area contributed by atoms with Gasteiger partial charge in [-0.25, -0.2) is 0 Å². The third-order valence-electron chi connectivity index (χ3n) is 2.78. The van der Waals surface area contributed by atoms with Crippen molar-refractivity contribution in [2.45, 2.75) is 13.0 Å². The van der Waals surface area contributed by atoms with Crippen molar-refractivity contribution >= 4 is 5.84 Å². The molecule has 0 aliphatic heterocycles. The van der Waals surface area contributed by atoms with E-state index in [4.69, 9.17) is 20.4 Å². The zero-order valence-electron chi connectivity index (χ0n) is 11.6. The minimum Gasteiger partial charge on any atom is -0.493 e. The van der Waals surface area contributed by atoms with E-state index in [1.807, 2.05) is 25.2 Å². The molecule has 0 fully saturated rings. The van der Waals surface area contributed by atoms with Crippen LogP contribution in [0.25, 0.3) is 0 Å². The summed E-state index contributed by atoms with van der Waals surface area (Å²) in [5.74, 6) is 1.66. The van der Waals surface area contributed by atoms with E-state index in [1.165, 1.54) is 0 Å². The molecule has 6 nitrogen and oxygen atoms in total. The molecular weight excluding hydrogens is 246 g/mol. The van der Waals surface area contributed by atoms with Gasteiger partial charge in [0.05, 0.1) is 14.2 Å². The quantitative estimate of drug-likeness (QED) is 0.336. The van der Waals surface area contributed by atoms with E-state index in [9.17, 15) is 0 Å². The summed E-state index contributed by atoms with van der Waals surface area (Å²) in [5.41, 5.74) is 6.55. The average molecular weight is 267 g/mol. The first-order valence-corrected chi connectivity index (χ1v) is 5.96. The molecule has 106 valence electrons. The Kier molecular flexibility index (Phi) is 5.95. The van der Waals surface area contributed by atoms with Crippen molar-refractivity contribution in [1.29, 1.82) is 0 Å². The highest BCUT2D eigenvalue weighted by Gasteiger charge is 2.07. The number of oxime groups is 1. The first-order chi connectivity index (χ1) is 9.10. The smallest absolute Gasteiger partial charge is 0.161 e. The molecule has 0 aliphatic carbocycles. The highest BCUT2D eigenvalue weighted by molar-refractivity contribution is 5.79. The molecule has 0 heterocycles. The summed E-state index contributed by atoms with van der Waals surface area (Å²) in [7, 11) is 5.20. The molecular formula is C13H21N3O3. The van der Waals surface area contributed by atoms with E-state index in [0.717, 1.165) is 12.1 Å². The Morgan fingerprint density at radius 2 is 2.00 bits per heavy atom. The lowest BCUT2D eigenvalue weighted by atomic mass is 10.2. The highest BCUT2D eigenvalue weighted by Crippen LogP contribution is 2.27. The first kappa shape index (κ1) is 15.1. The molecule has 0 spiro atoms. The molecule has 1 rings (SSSR count). The van der Waals surface area contributed by atoms with Gasteiger partial charge in [0.25, 0.3) is 0 Å². The molecule has 0 atom stereocenters. The van der Waals surface area contributed by atoms with Crippen molar-refractivity contribution in [1.82, 2.24) is 4.90 Å². The second-order valence-electron chi connectivity index (χ2n) is 4.27. The Hall–Kier alpha value is -1.95. The predicted molar refractivity (Wildman–Crippen MR) is 73.9 cm³/mol. The van der Waals surface area contributed by atoms with E-state index in [1.54, 1.807) is 14.2 Å². The van der Waals surface area contributed by atoms with Crippen LogP contribution in [0.4, 0.5) is 0 Å². The normalized spacial score (nSPS) is 11.7. The van der Waals surface area contributed by atoms with Crippen LogP contribution >= 0.6 is 0 Å². The summed E-state index contributed by atoms with van der Waals surface area (Å²) in [6.45, 7) is 1.46. The fourth-order valence-corrected chi connectivity index (χ4v) is 1.73. The maximum Gasteiger partial charge on any atom is 0.161 e. The third-order valence-corrected chi connectivity index (χ3v) is 2.78. The van der Waals surface area contributed by atoms with E-state index in [-0.39, 0.29) is 5.84 Å². The van der Waals surface area contributed by atoms with Gasteiger partial charge in [-0.2, -0.15) is 0 Å². The topological polar surface area (TPSA) is 80.3 Å². The van der Waals surface area contributed by atoms with Crippen molar-refractivity contribution in [2.75, 3.05) is 27.8 Å². The molecule has 0 saturated heterocycles. The third kappa shape index (κ3) is 4.67. The Bertz CT molecular complexity index is 435. The highest BCUT2D eigenvalue weighted by atomic mass is 16.5. The van der Waals surface area contributed by atoms with Crippen LogP contribution in [0.2, 0.25) is 0 Å². The van der Waals surface area contributed by atoms with Gasteiger partial charge >= 0.3 is 0 Å². The van der Waals surface area contributed by atoms with E-state index in [0.29, 0.717) is 24.5 Å². The van der Waals surface area contributed by atoms with Crippen LogP contribution in [0.15, 0.2) is 23.4 Å². The fourth-order valence-electron chi connectivity index (χ4n) is 1.73. The lowest BCUT2D eigenvalue weighted by molar-refractivity contribution is 0.309. The molecule has 19 heavy (non-hydrogen) atoms. The molecule has 6 heteroatoms. The molecule has 0 aliphatic rings. The summed E-state index contributed by atoms with van der Waals surface area (Å²) in [6, 6.07) is 5.81. The van der Waals surface area contributed by atoms with Crippen molar-refractivity contribution < 1.29 is 14.7 Å². The lowest BCUT2D eigenvalue weighted by Crippen LogP contribution is -2.24. The molecule has 1 aromatic rings. The molecule has 0 aromatic heterocycles. The van der Waals surface area contributed by atoms with Gasteiger partial charge in [0.2, 0.25) is 0 Å². The number of benzene rings is 1. The van der Waals surface area contributed by atoms with Crippen molar-refractivity contribution in [3.63, 3.8) is 0 Å². The first-order valence-electron chi connectivity index (χ1n) is 5.96. The number of amidine groups is 1. The Morgan fingerprint density at radius 3 is 2.58 bits per heavy atom. The maximum absolute atomic E-state index is 8.48. The SMILES string of the molecule is COc1ccc(CN(C)CC/C(N)=N/O)cc1OC. The number of ether oxygens (including phenoxy) is 2. The van der Waals surface area contributed by atoms with Crippen molar-refractivity contribution in [2.24, 2.45) is 10.9 Å². The summed E-state index contributed by atoms with van der Waals surface area (Å²) in [4.78, 5) is 2.08. The largest absolute Gasteiger partial charge is 0.493 e. The Labute approximate surface area is 113 Å². The minimum atomic E-state index is 0.235. The number of hydrogen-bond acceptors (Lipinski definition) is 5. The zero-order chi connectivity index (χ0) is 14.3. The van der Waals surface area contributed by atoms with Gasteiger partial charge in [-0.05, 0) is 24.7 Å². The van der Waals surface area contributed by atoms with Crippen molar-refractivity contribution in [3.05, 3.63) is 23.8 Å². The van der Waals surface area contributed by atoms with Crippen LogP contribution in [0.5, 0.6) is 11.5 Å². The number of hydrogen-bond donors (Lipinski definition) is 2. The minimum absolute atomic E-state index is 0.235. The number of nitrogens with two attached hydrogens (primary N) is 1. The molecule has 0 bridgehead atoms. The van der Waals surface area contributed by atoms with Gasteiger partial charge in [0.1, 0.15) is 5.84 Å². The van der Waals surface area contributed by atoms with Gasteiger partial charge < -0.3 is 25.3 Å². The molecule has 1 aromatic carbocycles. The van der Waals surface area contributed by atoms with Gasteiger partial charge in [-0.3, -0.25) is 0 Å². The fraction of sp³-hybridized carbons (Fsp3) is 0.462. The average Bonchev–Trinajstić information content (AvgIpc) is 2.44. The van der Waals surface area contributed by atoms with Gasteiger partial charge in [-0.1, -0.05) is 11.2 Å². The standard InChI is InChI=1S/C13H21N3O3/c1-16(7-6-13(14)15-17)9-10-4-5-11(18-2)12(8-10)19-3/h4-5,8,17H,6-7,9H2,1-3H3,(H2,14,15). The van der Waals surface area contributed by atoms with Crippen molar-refractivity contribution in [3.8, 4) is 11.5 Å². The van der Waals surface area contributed by atoms with E-state index in [2.05, 4.69) is 10.1 Å². The molecule has 0 saturated carbocycles. The summed E-state index contributed by atoms with van der Waals surface area (Å²) >= 11 is 0. The monoisotopic (exact) mass is 267 g/mol. The van der Waals surface area contributed by atoms with Gasteiger partial charge in [0, 0.05) is 19.5 Å². The molecule has 3 N–H and O–H groups in total. The zero-order valence-corrected chi connectivity index (χ0v) is 11.6. The van der Waals surface area contributed by atoms with Gasteiger partial charge in [0.15, 0.2) is 11.5 Å². The second-order valence-corrected chi connectivity index (χ2v) is 4.27. The maximum atomic E-state index is 8.48. The number of nitrogens with zero attached hydrogens (tertiary/aromatic N) is 2. The van der Waals surface area contributed by atoms with Crippen LogP contribution in [0.1, 0.15) is 12.0 Å². The molecule has 0 unspecified atom stereocenters. The van der Waals surface area contributed by atoms with Crippen LogP contribution in [0.3, 0.4) is 0 Å². The summed E-state index contributed by atoms with van der Waals surface area (Å²) in [5, 5.41) is 11.4. The molecule has 0 amide bonds. The Balaban J connectivity index is 2.61. The predicted octanol–water partition coefficient (Wildman–Crippen LogP) is 1.27. The van der Waals surface area contributed by atoms with E-state index < -0.39 is 0 Å². The number of rotatable bonds is 7. The molecule has 0 radical (unpaired) electrons. The number of methoxy groups -OCH3 is 2. The van der Waals surface area contributed by atoms with E-state index >= 15 is 0 Å². The van der Waals surface area contributed by atoms with Gasteiger partial charge in [-0.15, -0.1) is 0 Å². The summed E-state index contributed by atoms with van der Waals surface area (Å²) in [6.07, 6.45) is 0.528. The lowest BCUT2D eigenvalue weighted by Gasteiger charge is -2.17. The Morgan fingerprint density at radius 1 is 1.32 bits per heavy atom.